The van der Waals surface area contributed by atoms with E-state index in [1.165, 1.54) is 11.3 Å². The number of aromatic nitrogens is 2. The molecule has 7 nitrogen and oxygen atoms in total. The van der Waals surface area contributed by atoms with Gasteiger partial charge in [0.25, 0.3) is 5.56 Å². The summed E-state index contributed by atoms with van der Waals surface area (Å²) in [6.45, 7) is 9.16. The van der Waals surface area contributed by atoms with Gasteiger partial charge in [0.1, 0.15) is 16.4 Å². The quantitative estimate of drug-likeness (QED) is 0.349. The van der Waals surface area contributed by atoms with Crippen molar-refractivity contribution in [1.82, 2.24) is 14.9 Å². The lowest BCUT2D eigenvalue weighted by Gasteiger charge is -2.28. The number of ether oxygens (including phenoxy) is 2. The summed E-state index contributed by atoms with van der Waals surface area (Å²) in [6, 6.07) is 7.78. The maximum atomic E-state index is 12.9. The normalized spacial score (nSPS) is 12.6. The first-order chi connectivity index (χ1) is 14.9. The Morgan fingerprint density at radius 2 is 2.06 bits per heavy atom. The first-order valence-electron chi connectivity index (χ1n) is 10.2. The molecule has 1 aromatic carbocycles. The number of hydrogen-bond acceptors (Lipinski definition) is 7. The van der Waals surface area contributed by atoms with E-state index in [-0.39, 0.29) is 18.2 Å². The average Bonchev–Trinajstić information content (AvgIpc) is 3.18. The highest BCUT2D eigenvalue weighted by molar-refractivity contribution is 7.17. The molecule has 0 amide bonds. The monoisotopic (exact) mass is 443 g/mol. The summed E-state index contributed by atoms with van der Waals surface area (Å²) >= 11 is 1.45. The maximum absolute atomic E-state index is 12.9. The second-order valence-corrected chi connectivity index (χ2v) is 8.43. The minimum atomic E-state index is -0.638. The topological polar surface area (TPSA) is 87.7 Å². The van der Waals surface area contributed by atoms with E-state index in [1.807, 2.05) is 43.5 Å². The second-order valence-electron chi connectivity index (χ2n) is 7.57. The Hall–Kier alpha value is -2.52. The van der Waals surface area contributed by atoms with Crippen LogP contribution in [0.2, 0.25) is 0 Å². The summed E-state index contributed by atoms with van der Waals surface area (Å²) in [6.07, 6.45) is 1.01. The molecule has 1 unspecified atom stereocenters. The third kappa shape index (κ3) is 5.80. The van der Waals surface area contributed by atoms with Crippen molar-refractivity contribution >= 4 is 21.6 Å². The van der Waals surface area contributed by atoms with Crippen LogP contribution >= 0.6 is 11.3 Å². The van der Waals surface area contributed by atoms with Gasteiger partial charge in [-0.2, -0.15) is 0 Å². The first-order valence-corrected chi connectivity index (χ1v) is 11.1. The number of nitrogens with one attached hydrogen (secondary N) is 1. The van der Waals surface area contributed by atoms with Crippen molar-refractivity contribution in [2.24, 2.45) is 0 Å². The summed E-state index contributed by atoms with van der Waals surface area (Å²) < 4.78 is 10.5. The molecule has 166 valence electrons. The van der Waals surface area contributed by atoms with E-state index in [1.54, 1.807) is 13.2 Å². The van der Waals surface area contributed by atoms with Gasteiger partial charge in [0.05, 0.1) is 38.4 Å². The van der Waals surface area contributed by atoms with Crippen LogP contribution in [-0.2, 0) is 11.3 Å². The molecule has 2 N–H and O–H groups in total. The number of aromatic amines is 1. The maximum Gasteiger partial charge on any atom is 0.260 e. The summed E-state index contributed by atoms with van der Waals surface area (Å²) in [4.78, 5) is 23.3. The minimum Gasteiger partial charge on any atom is -0.497 e. The molecule has 2 heterocycles. The number of hydrogen-bond donors (Lipinski definition) is 2. The Labute approximate surface area is 186 Å². The van der Waals surface area contributed by atoms with Crippen molar-refractivity contribution in [3.63, 3.8) is 0 Å². The fourth-order valence-electron chi connectivity index (χ4n) is 3.31. The predicted molar refractivity (Wildman–Crippen MR) is 125 cm³/mol. The van der Waals surface area contributed by atoms with Crippen LogP contribution < -0.4 is 10.3 Å². The third-order valence-electron chi connectivity index (χ3n) is 4.97. The Morgan fingerprint density at radius 1 is 1.32 bits per heavy atom. The van der Waals surface area contributed by atoms with E-state index in [0.29, 0.717) is 35.7 Å². The summed E-state index contributed by atoms with van der Waals surface area (Å²) in [5, 5.41) is 12.8. The average molecular weight is 444 g/mol. The highest BCUT2D eigenvalue weighted by Gasteiger charge is 2.18. The van der Waals surface area contributed by atoms with Crippen molar-refractivity contribution in [3.05, 3.63) is 58.5 Å². The van der Waals surface area contributed by atoms with E-state index in [4.69, 9.17) is 14.5 Å². The molecular formula is C23H29N3O4S. The molecule has 0 bridgehead atoms. The molecule has 0 saturated carbocycles. The van der Waals surface area contributed by atoms with Crippen LogP contribution in [0.4, 0.5) is 0 Å². The largest absolute Gasteiger partial charge is 0.497 e. The molecular weight excluding hydrogens is 414 g/mol. The van der Waals surface area contributed by atoms with Crippen molar-refractivity contribution in [2.45, 2.75) is 32.5 Å². The number of nitrogens with zero attached hydrogens (tertiary/aromatic N) is 2. The Kier molecular flexibility index (Phi) is 7.97. The minimum absolute atomic E-state index is 0.160. The number of methoxy groups -OCH3 is 1. The number of fused-ring (bicyclic) bond motifs is 1. The Morgan fingerprint density at radius 3 is 2.71 bits per heavy atom. The van der Waals surface area contributed by atoms with Crippen molar-refractivity contribution in [1.29, 1.82) is 0 Å². The van der Waals surface area contributed by atoms with Gasteiger partial charge < -0.3 is 19.6 Å². The van der Waals surface area contributed by atoms with Gasteiger partial charge in [-0.3, -0.25) is 9.69 Å². The zero-order chi connectivity index (χ0) is 22.4. The zero-order valence-corrected chi connectivity index (χ0v) is 18.9. The van der Waals surface area contributed by atoms with Crippen LogP contribution in [0.15, 0.2) is 47.1 Å². The lowest BCUT2D eigenvalue weighted by molar-refractivity contribution is 0.0172. The second kappa shape index (κ2) is 10.7. The van der Waals surface area contributed by atoms with Crippen LogP contribution in [0.5, 0.6) is 5.75 Å². The summed E-state index contributed by atoms with van der Waals surface area (Å²) in [5.41, 5.74) is 1.64. The highest BCUT2D eigenvalue weighted by atomic mass is 32.1. The smallest absolute Gasteiger partial charge is 0.260 e. The SMILES string of the molecule is C=CCOCC(O)CN(Cc1nc2scc(-c3ccc(OC)cc3)c2c(=O)[nH]1)C(C)C. The van der Waals surface area contributed by atoms with E-state index in [9.17, 15) is 9.90 Å². The standard InChI is InChI=1S/C23H29N3O4S/c1-5-10-30-13-17(27)11-26(15(2)3)12-20-24-22(28)21-19(14-31-23(21)25-20)16-6-8-18(29-4)9-7-16/h5-9,14-15,17,27H,1,10-13H2,2-4H3,(H,24,25,28). The molecule has 0 aliphatic heterocycles. The highest BCUT2D eigenvalue weighted by Crippen LogP contribution is 2.31. The van der Waals surface area contributed by atoms with Gasteiger partial charge in [-0.25, -0.2) is 4.98 Å². The molecule has 2 aromatic heterocycles. The van der Waals surface area contributed by atoms with Gasteiger partial charge >= 0.3 is 0 Å². The van der Waals surface area contributed by atoms with E-state index < -0.39 is 6.10 Å². The van der Waals surface area contributed by atoms with Crippen molar-refractivity contribution in [2.75, 3.05) is 26.9 Å². The Balaban J connectivity index is 1.81. The van der Waals surface area contributed by atoms with E-state index >= 15 is 0 Å². The molecule has 0 fully saturated rings. The van der Waals surface area contributed by atoms with Gasteiger partial charge in [0.2, 0.25) is 0 Å². The number of aliphatic hydroxyl groups is 1. The predicted octanol–water partition coefficient (Wildman–Crippen LogP) is 3.43. The molecule has 0 radical (unpaired) electrons. The van der Waals surface area contributed by atoms with Crippen molar-refractivity contribution < 1.29 is 14.6 Å². The zero-order valence-electron chi connectivity index (χ0n) is 18.1. The van der Waals surface area contributed by atoms with Crippen molar-refractivity contribution in [3.8, 4) is 16.9 Å². The van der Waals surface area contributed by atoms with Gasteiger partial charge in [0, 0.05) is 23.5 Å². The molecule has 0 aliphatic carbocycles. The molecule has 0 saturated heterocycles. The molecule has 0 spiro atoms. The lowest BCUT2D eigenvalue weighted by Crippen LogP contribution is -2.39. The van der Waals surface area contributed by atoms with Gasteiger partial charge in [-0.05, 0) is 31.5 Å². The molecule has 3 aromatic rings. The summed E-state index contributed by atoms with van der Waals surface area (Å²) in [7, 11) is 1.62. The van der Waals surface area contributed by atoms with Crippen LogP contribution in [0, 0.1) is 0 Å². The van der Waals surface area contributed by atoms with Gasteiger partial charge in [0.15, 0.2) is 0 Å². The molecule has 31 heavy (non-hydrogen) atoms. The number of thiophene rings is 1. The molecule has 1 atom stereocenters. The molecule has 3 rings (SSSR count). The van der Waals surface area contributed by atoms with Crippen LogP contribution in [0.3, 0.4) is 0 Å². The first kappa shape index (κ1) is 23.1. The Bertz CT molecular complexity index is 1060. The van der Waals surface area contributed by atoms with Gasteiger partial charge in [-0.1, -0.05) is 18.2 Å². The molecule has 8 heteroatoms. The fraction of sp³-hybridized carbons (Fsp3) is 0.391. The van der Waals surface area contributed by atoms with E-state index in [2.05, 4.69) is 16.5 Å². The number of H-pyrrole nitrogens is 1. The number of aliphatic hydroxyl groups excluding tert-OH is 1. The number of benzene rings is 1. The molecule has 0 aliphatic rings. The van der Waals surface area contributed by atoms with Gasteiger partial charge in [-0.15, -0.1) is 17.9 Å². The van der Waals surface area contributed by atoms with Crippen LogP contribution in [0.1, 0.15) is 19.7 Å². The number of rotatable bonds is 11. The lowest BCUT2D eigenvalue weighted by atomic mass is 10.1. The van der Waals surface area contributed by atoms with Crippen LogP contribution in [-0.4, -0.2) is 59.0 Å². The van der Waals surface area contributed by atoms with E-state index in [0.717, 1.165) is 16.9 Å². The third-order valence-corrected chi connectivity index (χ3v) is 5.84. The fourth-order valence-corrected chi connectivity index (χ4v) is 4.28. The summed E-state index contributed by atoms with van der Waals surface area (Å²) in [5.74, 6) is 1.34. The van der Waals surface area contributed by atoms with Crippen LogP contribution in [0.25, 0.3) is 21.3 Å².